The number of hydrogen-bond donors (Lipinski definition) is 1. The Hall–Kier alpha value is -2.82. The van der Waals surface area contributed by atoms with Gasteiger partial charge in [-0.1, -0.05) is 71.0 Å². The van der Waals surface area contributed by atoms with Crippen LogP contribution in [-0.4, -0.2) is 36.4 Å². The second kappa shape index (κ2) is 13.0. The lowest BCUT2D eigenvalue weighted by molar-refractivity contribution is -0.141. The van der Waals surface area contributed by atoms with Gasteiger partial charge in [0.05, 0.1) is 7.11 Å². The van der Waals surface area contributed by atoms with Crippen LogP contribution in [0.25, 0.3) is 0 Å². The van der Waals surface area contributed by atoms with Crippen molar-refractivity contribution in [2.45, 2.75) is 72.4 Å². The molecule has 0 radical (unpaired) electrons. The molecule has 180 valence electrons. The maximum absolute atomic E-state index is 13.4. The quantitative estimate of drug-likeness (QED) is 0.473. The molecule has 0 aromatic heterocycles. The van der Waals surface area contributed by atoms with Gasteiger partial charge in [-0.3, -0.25) is 9.59 Å². The molecule has 0 aliphatic heterocycles. The van der Waals surface area contributed by atoms with Gasteiger partial charge in [-0.05, 0) is 53.5 Å². The van der Waals surface area contributed by atoms with Crippen molar-refractivity contribution in [1.29, 1.82) is 0 Å². The number of ether oxygens (including phenoxy) is 1. The lowest BCUT2D eigenvalue weighted by atomic mass is 10.00. The van der Waals surface area contributed by atoms with Crippen LogP contribution < -0.4 is 10.1 Å². The van der Waals surface area contributed by atoms with Crippen LogP contribution in [0.5, 0.6) is 5.75 Å². The van der Waals surface area contributed by atoms with Crippen molar-refractivity contribution in [2.75, 3.05) is 13.7 Å². The van der Waals surface area contributed by atoms with E-state index in [0.717, 1.165) is 16.9 Å². The molecule has 2 rings (SSSR count). The fraction of sp³-hybridized carbons (Fsp3) is 0.500. The van der Waals surface area contributed by atoms with Crippen molar-refractivity contribution in [1.82, 2.24) is 10.2 Å². The average Bonchev–Trinajstić information content (AvgIpc) is 2.81. The third kappa shape index (κ3) is 8.23. The minimum atomic E-state index is -0.498. The van der Waals surface area contributed by atoms with Gasteiger partial charge < -0.3 is 15.0 Å². The van der Waals surface area contributed by atoms with Gasteiger partial charge in [0.1, 0.15) is 11.8 Å². The zero-order valence-corrected chi connectivity index (χ0v) is 21.1. The summed E-state index contributed by atoms with van der Waals surface area (Å²) in [5, 5.41) is 3.01. The van der Waals surface area contributed by atoms with Crippen LogP contribution in [0, 0.1) is 5.92 Å². The summed E-state index contributed by atoms with van der Waals surface area (Å²) in [5.74, 6) is 1.50. The molecule has 5 nitrogen and oxygen atoms in total. The van der Waals surface area contributed by atoms with Crippen LogP contribution in [-0.2, 0) is 22.6 Å². The summed E-state index contributed by atoms with van der Waals surface area (Å²) in [5.41, 5.74) is 3.40. The molecule has 0 saturated carbocycles. The van der Waals surface area contributed by atoms with E-state index in [1.54, 1.807) is 12.0 Å². The summed E-state index contributed by atoms with van der Waals surface area (Å²) in [4.78, 5) is 28.1. The zero-order chi connectivity index (χ0) is 24.4. The second-order valence-corrected chi connectivity index (χ2v) is 9.33. The molecular formula is C28H40N2O3. The number of amides is 2. The number of carbonyl (C=O) groups is 2. The lowest BCUT2D eigenvalue weighted by Gasteiger charge is -2.31. The number of benzene rings is 2. The maximum atomic E-state index is 13.4. The van der Waals surface area contributed by atoms with Crippen LogP contribution in [0.4, 0.5) is 0 Å². The van der Waals surface area contributed by atoms with E-state index in [0.29, 0.717) is 44.2 Å². The minimum absolute atomic E-state index is 0.00898. The Morgan fingerprint density at radius 3 is 2.06 bits per heavy atom. The van der Waals surface area contributed by atoms with Crippen molar-refractivity contribution in [3.63, 3.8) is 0 Å². The zero-order valence-electron chi connectivity index (χ0n) is 21.1. The average molecular weight is 453 g/mol. The van der Waals surface area contributed by atoms with E-state index in [4.69, 9.17) is 4.74 Å². The standard InChI is InChI=1S/C28H40N2O3/c1-7-26(28(32)29-18-20(2)3)30(19-23-10-15-25(33-6)16-11-23)27(31)17-12-22-8-13-24(14-9-22)21(4)5/h8-11,13-16,20-21,26H,7,12,17-19H2,1-6H3,(H,29,32). The molecule has 1 unspecified atom stereocenters. The number of nitrogens with zero attached hydrogens (tertiary/aromatic N) is 1. The fourth-order valence-electron chi connectivity index (χ4n) is 3.73. The fourth-order valence-corrected chi connectivity index (χ4v) is 3.73. The molecule has 2 amide bonds. The first-order valence-corrected chi connectivity index (χ1v) is 12.0. The Labute approximate surface area is 199 Å². The Balaban J connectivity index is 2.17. The summed E-state index contributed by atoms with van der Waals surface area (Å²) in [7, 11) is 1.63. The molecular weight excluding hydrogens is 412 g/mol. The van der Waals surface area contributed by atoms with Crippen molar-refractivity contribution < 1.29 is 14.3 Å². The van der Waals surface area contributed by atoms with E-state index in [2.05, 4.69) is 57.3 Å². The highest BCUT2D eigenvalue weighted by Gasteiger charge is 2.28. The van der Waals surface area contributed by atoms with Crippen LogP contribution >= 0.6 is 0 Å². The van der Waals surface area contributed by atoms with Gasteiger partial charge in [-0.25, -0.2) is 0 Å². The molecule has 0 aliphatic carbocycles. The largest absolute Gasteiger partial charge is 0.497 e. The molecule has 2 aromatic carbocycles. The Morgan fingerprint density at radius 2 is 1.55 bits per heavy atom. The molecule has 0 fully saturated rings. The maximum Gasteiger partial charge on any atom is 0.242 e. The van der Waals surface area contributed by atoms with E-state index in [9.17, 15) is 9.59 Å². The number of carbonyl (C=O) groups excluding carboxylic acids is 2. The van der Waals surface area contributed by atoms with Crippen molar-refractivity contribution in [3.05, 3.63) is 65.2 Å². The lowest BCUT2D eigenvalue weighted by Crippen LogP contribution is -2.49. The molecule has 0 saturated heterocycles. The molecule has 0 heterocycles. The Morgan fingerprint density at radius 1 is 0.939 bits per heavy atom. The third-order valence-electron chi connectivity index (χ3n) is 5.86. The summed E-state index contributed by atoms with van der Waals surface area (Å²) in [6.07, 6.45) is 1.58. The minimum Gasteiger partial charge on any atom is -0.497 e. The Kier molecular flexibility index (Phi) is 10.4. The molecule has 0 spiro atoms. The first kappa shape index (κ1) is 26.4. The number of nitrogens with one attached hydrogen (secondary N) is 1. The predicted octanol–water partition coefficient (Wildman–Crippen LogP) is 5.33. The van der Waals surface area contributed by atoms with Crippen LogP contribution in [0.3, 0.4) is 0 Å². The topological polar surface area (TPSA) is 58.6 Å². The number of rotatable bonds is 12. The summed E-state index contributed by atoms with van der Waals surface area (Å²) >= 11 is 0. The first-order valence-electron chi connectivity index (χ1n) is 12.0. The van der Waals surface area contributed by atoms with Crippen molar-refractivity contribution >= 4 is 11.8 Å². The van der Waals surface area contributed by atoms with E-state index < -0.39 is 6.04 Å². The highest BCUT2D eigenvalue weighted by molar-refractivity contribution is 5.87. The van der Waals surface area contributed by atoms with Gasteiger partial charge in [-0.2, -0.15) is 0 Å². The van der Waals surface area contributed by atoms with Gasteiger partial charge in [0, 0.05) is 19.5 Å². The van der Waals surface area contributed by atoms with Crippen molar-refractivity contribution in [3.8, 4) is 5.75 Å². The molecule has 0 aliphatic rings. The smallest absolute Gasteiger partial charge is 0.242 e. The SMILES string of the molecule is CCC(C(=O)NCC(C)C)N(Cc1ccc(OC)cc1)C(=O)CCc1ccc(C(C)C)cc1. The van der Waals surface area contributed by atoms with E-state index in [1.807, 2.05) is 31.2 Å². The number of methoxy groups -OCH3 is 1. The summed E-state index contributed by atoms with van der Waals surface area (Å²) in [6, 6.07) is 15.6. The molecule has 33 heavy (non-hydrogen) atoms. The van der Waals surface area contributed by atoms with Crippen LogP contribution in [0.15, 0.2) is 48.5 Å². The summed E-state index contributed by atoms with van der Waals surface area (Å²) < 4.78 is 5.25. The van der Waals surface area contributed by atoms with E-state index in [1.165, 1.54) is 5.56 Å². The molecule has 0 bridgehead atoms. The highest BCUT2D eigenvalue weighted by Crippen LogP contribution is 2.19. The molecule has 2 aromatic rings. The highest BCUT2D eigenvalue weighted by atomic mass is 16.5. The van der Waals surface area contributed by atoms with Gasteiger partial charge in [0.15, 0.2) is 0 Å². The van der Waals surface area contributed by atoms with Gasteiger partial charge in [0.2, 0.25) is 11.8 Å². The Bertz CT molecular complexity index is 873. The molecule has 1 atom stereocenters. The number of hydrogen-bond acceptors (Lipinski definition) is 3. The van der Waals surface area contributed by atoms with Crippen LogP contribution in [0.1, 0.15) is 70.1 Å². The van der Waals surface area contributed by atoms with E-state index in [-0.39, 0.29) is 11.8 Å². The third-order valence-corrected chi connectivity index (χ3v) is 5.86. The molecule has 1 N–H and O–H groups in total. The van der Waals surface area contributed by atoms with Gasteiger partial charge in [0.25, 0.3) is 0 Å². The van der Waals surface area contributed by atoms with E-state index >= 15 is 0 Å². The second-order valence-electron chi connectivity index (χ2n) is 9.33. The summed E-state index contributed by atoms with van der Waals surface area (Å²) in [6.45, 7) is 11.4. The molecule has 5 heteroatoms. The predicted molar refractivity (Wildman–Crippen MR) is 134 cm³/mol. The first-order chi connectivity index (χ1) is 15.7. The van der Waals surface area contributed by atoms with Crippen LogP contribution in [0.2, 0.25) is 0 Å². The van der Waals surface area contributed by atoms with Crippen molar-refractivity contribution in [2.24, 2.45) is 5.92 Å². The van der Waals surface area contributed by atoms with Gasteiger partial charge >= 0.3 is 0 Å². The monoisotopic (exact) mass is 452 g/mol. The van der Waals surface area contributed by atoms with Gasteiger partial charge in [-0.15, -0.1) is 0 Å². The normalized spacial score (nSPS) is 12.0. The number of aryl methyl sites for hydroxylation is 1.